The van der Waals surface area contributed by atoms with Crippen LogP contribution in [0.4, 0.5) is 10.1 Å². The predicted octanol–water partition coefficient (Wildman–Crippen LogP) is 3.10. The molecule has 0 aliphatic carbocycles. The average Bonchev–Trinajstić information content (AvgIpc) is 2.97. The van der Waals surface area contributed by atoms with E-state index in [9.17, 15) is 14.0 Å². The third-order valence-electron chi connectivity index (χ3n) is 5.43. The van der Waals surface area contributed by atoms with E-state index in [2.05, 4.69) is 9.80 Å². The van der Waals surface area contributed by atoms with Crippen molar-refractivity contribution in [2.24, 2.45) is 0 Å². The van der Waals surface area contributed by atoms with Crippen molar-refractivity contribution in [3.63, 3.8) is 0 Å². The lowest BCUT2D eigenvalue weighted by atomic mass is 9.97. The number of para-hydroxylation sites is 1. The molecule has 4 rings (SSSR count). The van der Waals surface area contributed by atoms with Crippen molar-refractivity contribution in [3.8, 4) is 0 Å². The van der Waals surface area contributed by atoms with Crippen LogP contribution in [0.25, 0.3) is 0 Å². The molecule has 0 saturated carbocycles. The Labute approximate surface area is 168 Å². The van der Waals surface area contributed by atoms with Gasteiger partial charge in [-0.05, 0) is 18.2 Å². The molecule has 1 unspecified atom stereocenters. The number of amides is 2. The summed E-state index contributed by atoms with van der Waals surface area (Å²) in [6, 6.07) is 13.9. The normalized spacial score (nSPS) is 20.9. The Morgan fingerprint density at radius 3 is 2.36 bits per heavy atom. The Kier molecular flexibility index (Phi) is 5.33. The van der Waals surface area contributed by atoms with Crippen LogP contribution < -0.4 is 4.90 Å². The molecule has 7 heteroatoms. The Bertz CT molecular complexity index is 899. The molecular weight excluding hydrogens is 381 g/mol. The number of piperazine rings is 1. The van der Waals surface area contributed by atoms with Crippen LogP contribution in [0.1, 0.15) is 17.9 Å². The van der Waals surface area contributed by atoms with Crippen LogP contribution in [-0.4, -0.2) is 54.5 Å². The van der Waals surface area contributed by atoms with Gasteiger partial charge in [0, 0.05) is 38.2 Å². The van der Waals surface area contributed by atoms with E-state index in [1.807, 2.05) is 24.3 Å². The van der Waals surface area contributed by atoms with Gasteiger partial charge in [-0.1, -0.05) is 41.9 Å². The third-order valence-corrected chi connectivity index (χ3v) is 5.75. The van der Waals surface area contributed by atoms with E-state index in [-0.39, 0.29) is 24.9 Å². The van der Waals surface area contributed by atoms with Gasteiger partial charge < -0.3 is 4.90 Å². The SMILES string of the molecule is O=C1CC(c2ccccc2F)C(=O)N1CN1CCN(c2ccccc2Cl)CC1. The van der Waals surface area contributed by atoms with Crippen molar-refractivity contribution >= 4 is 29.1 Å². The summed E-state index contributed by atoms with van der Waals surface area (Å²) >= 11 is 6.27. The van der Waals surface area contributed by atoms with Gasteiger partial charge in [-0.3, -0.25) is 19.4 Å². The number of hydrogen-bond acceptors (Lipinski definition) is 4. The van der Waals surface area contributed by atoms with Gasteiger partial charge in [-0.25, -0.2) is 4.39 Å². The van der Waals surface area contributed by atoms with Crippen LogP contribution in [0, 0.1) is 5.82 Å². The summed E-state index contributed by atoms with van der Waals surface area (Å²) in [4.78, 5) is 30.7. The first-order valence-corrected chi connectivity index (χ1v) is 9.73. The molecule has 146 valence electrons. The van der Waals surface area contributed by atoms with Gasteiger partial charge in [0.05, 0.1) is 23.3 Å². The van der Waals surface area contributed by atoms with Gasteiger partial charge in [0.25, 0.3) is 0 Å². The van der Waals surface area contributed by atoms with Crippen LogP contribution in [0.5, 0.6) is 0 Å². The van der Waals surface area contributed by atoms with Gasteiger partial charge in [0.15, 0.2) is 0 Å². The quantitative estimate of drug-likeness (QED) is 0.738. The van der Waals surface area contributed by atoms with Crippen LogP contribution in [0.2, 0.25) is 5.02 Å². The average molecular weight is 402 g/mol. The highest BCUT2D eigenvalue weighted by atomic mass is 35.5. The number of likely N-dealkylation sites (tertiary alicyclic amines) is 1. The second kappa shape index (κ2) is 7.89. The fourth-order valence-corrected chi connectivity index (χ4v) is 4.13. The number of benzene rings is 2. The number of carbonyl (C=O) groups excluding carboxylic acids is 2. The highest BCUT2D eigenvalue weighted by Crippen LogP contribution is 2.31. The molecule has 28 heavy (non-hydrogen) atoms. The second-order valence-corrected chi connectivity index (χ2v) is 7.54. The lowest BCUT2D eigenvalue weighted by Crippen LogP contribution is -2.51. The lowest BCUT2D eigenvalue weighted by molar-refractivity contribution is -0.141. The number of anilines is 1. The standard InChI is InChI=1S/C21H21ClFN3O2/c22-17-6-2-4-8-19(17)25-11-9-24(10-12-25)14-26-20(27)13-16(21(26)28)15-5-1-3-7-18(15)23/h1-8,16H,9-14H2. The van der Waals surface area contributed by atoms with E-state index in [1.165, 1.54) is 11.0 Å². The first kappa shape index (κ1) is 18.9. The van der Waals surface area contributed by atoms with Crippen molar-refractivity contribution in [3.05, 3.63) is 64.9 Å². The summed E-state index contributed by atoms with van der Waals surface area (Å²) in [5, 5.41) is 0.716. The fraction of sp³-hybridized carbons (Fsp3) is 0.333. The van der Waals surface area contributed by atoms with E-state index >= 15 is 0 Å². The molecule has 0 N–H and O–H groups in total. The minimum atomic E-state index is -0.724. The van der Waals surface area contributed by atoms with Crippen molar-refractivity contribution in [1.29, 1.82) is 0 Å². The highest BCUT2D eigenvalue weighted by Gasteiger charge is 2.41. The van der Waals surface area contributed by atoms with Crippen LogP contribution in [0.15, 0.2) is 48.5 Å². The first-order chi connectivity index (χ1) is 13.5. The summed E-state index contributed by atoms with van der Waals surface area (Å²) in [7, 11) is 0. The highest BCUT2D eigenvalue weighted by molar-refractivity contribution is 6.33. The van der Waals surface area contributed by atoms with E-state index < -0.39 is 11.7 Å². The van der Waals surface area contributed by atoms with Gasteiger partial charge >= 0.3 is 0 Å². The second-order valence-electron chi connectivity index (χ2n) is 7.14. The topological polar surface area (TPSA) is 43.9 Å². The first-order valence-electron chi connectivity index (χ1n) is 9.35. The van der Waals surface area contributed by atoms with E-state index in [4.69, 9.17) is 11.6 Å². The summed E-state index contributed by atoms with van der Waals surface area (Å²) in [6.07, 6.45) is 0.0271. The monoisotopic (exact) mass is 401 g/mol. The molecule has 2 aromatic rings. The zero-order valence-corrected chi connectivity index (χ0v) is 16.1. The molecular formula is C21H21ClFN3O2. The number of carbonyl (C=O) groups is 2. The molecule has 0 spiro atoms. The summed E-state index contributed by atoms with van der Waals surface area (Å²) in [5.74, 6) is -1.72. The fourth-order valence-electron chi connectivity index (χ4n) is 3.87. The Morgan fingerprint density at radius 1 is 0.964 bits per heavy atom. The number of nitrogens with zero attached hydrogens (tertiary/aromatic N) is 3. The minimum Gasteiger partial charge on any atom is -0.368 e. The molecule has 0 aromatic heterocycles. The zero-order valence-electron chi connectivity index (χ0n) is 15.4. The maximum Gasteiger partial charge on any atom is 0.238 e. The zero-order chi connectivity index (χ0) is 19.7. The van der Waals surface area contributed by atoms with Gasteiger partial charge in [0.2, 0.25) is 11.8 Å². The number of hydrogen-bond donors (Lipinski definition) is 0. The number of imide groups is 1. The van der Waals surface area contributed by atoms with Crippen LogP contribution in [0.3, 0.4) is 0 Å². The molecule has 0 bridgehead atoms. The van der Waals surface area contributed by atoms with Crippen molar-refractivity contribution in [2.45, 2.75) is 12.3 Å². The summed E-state index contributed by atoms with van der Waals surface area (Å²) in [5.41, 5.74) is 1.30. The van der Waals surface area contributed by atoms with Gasteiger partial charge in [-0.2, -0.15) is 0 Å². The van der Waals surface area contributed by atoms with E-state index in [0.717, 1.165) is 18.8 Å². The summed E-state index contributed by atoms with van der Waals surface area (Å²) < 4.78 is 14.1. The molecule has 5 nitrogen and oxygen atoms in total. The number of rotatable bonds is 4. The maximum absolute atomic E-state index is 14.1. The molecule has 2 amide bonds. The molecule has 2 saturated heterocycles. The van der Waals surface area contributed by atoms with Crippen molar-refractivity contribution < 1.29 is 14.0 Å². The Hall–Kier alpha value is -2.44. The Morgan fingerprint density at radius 2 is 1.64 bits per heavy atom. The van der Waals surface area contributed by atoms with Crippen LogP contribution in [-0.2, 0) is 9.59 Å². The van der Waals surface area contributed by atoms with Crippen molar-refractivity contribution in [1.82, 2.24) is 9.80 Å². The lowest BCUT2D eigenvalue weighted by Gasteiger charge is -2.37. The van der Waals surface area contributed by atoms with Gasteiger partial charge in [-0.15, -0.1) is 0 Å². The minimum absolute atomic E-state index is 0.0271. The molecule has 2 aliphatic rings. The molecule has 0 radical (unpaired) electrons. The molecule has 2 heterocycles. The smallest absolute Gasteiger partial charge is 0.238 e. The number of halogens is 2. The summed E-state index contributed by atoms with van der Waals surface area (Å²) in [6.45, 7) is 3.20. The molecule has 2 aliphatic heterocycles. The van der Waals surface area contributed by atoms with E-state index in [1.54, 1.807) is 18.2 Å². The Balaban J connectivity index is 1.39. The van der Waals surface area contributed by atoms with Crippen LogP contribution >= 0.6 is 11.6 Å². The predicted molar refractivity (Wildman–Crippen MR) is 106 cm³/mol. The molecule has 2 aromatic carbocycles. The molecule has 2 fully saturated rings. The van der Waals surface area contributed by atoms with Gasteiger partial charge in [0.1, 0.15) is 5.82 Å². The van der Waals surface area contributed by atoms with E-state index in [0.29, 0.717) is 23.7 Å². The maximum atomic E-state index is 14.1. The van der Waals surface area contributed by atoms with Crippen molar-refractivity contribution in [2.75, 3.05) is 37.7 Å². The molecule has 1 atom stereocenters. The third kappa shape index (κ3) is 3.62. The largest absolute Gasteiger partial charge is 0.368 e.